The van der Waals surface area contributed by atoms with E-state index >= 15 is 0 Å². The third kappa shape index (κ3) is 9.15. The number of carbonyl (C=O) groups is 5. The number of methoxy groups -OCH3 is 1. The van der Waals surface area contributed by atoms with E-state index in [0.717, 1.165) is 27.7 Å². The molecule has 31 heavy (non-hydrogen) atoms. The Morgan fingerprint density at radius 3 is 1.81 bits per heavy atom. The molecule has 170 valence electrons. The predicted molar refractivity (Wildman–Crippen MR) is 105 cm³/mol. The first-order chi connectivity index (χ1) is 14.5. The van der Waals surface area contributed by atoms with Crippen LogP contribution in [0.15, 0.2) is 24.3 Å². The van der Waals surface area contributed by atoms with Gasteiger partial charge in [0.15, 0.2) is 12.2 Å². The van der Waals surface area contributed by atoms with E-state index in [9.17, 15) is 24.0 Å². The summed E-state index contributed by atoms with van der Waals surface area (Å²) < 4.78 is 25.2. The molecule has 0 saturated carbocycles. The summed E-state index contributed by atoms with van der Waals surface area (Å²) >= 11 is 0. The van der Waals surface area contributed by atoms with Gasteiger partial charge in [-0.3, -0.25) is 24.0 Å². The number of hydrogen-bond donors (Lipinski definition) is 1. The van der Waals surface area contributed by atoms with Crippen LogP contribution in [-0.4, -0.2) is 61.8 Å². The van der Waals surface area contributed by atoms with E-state index in [-0.39, 0.29) is 0 Å². The summed E-state index contributed by atoms with van der Waals surface area (Å²) in [5, 5.41) is 2.51. The van der Waals surface area contributed by atoms with E-state index in [1.807, 2.05) is 0 Å². The second-order valence-electron chi connectivity index (χ2n) is 6.27. The molecule has 1 amide bonds. The predicted octanol–water partition coefficient (Wildman–Crippen LogP) is 0.992. The number of amides is 1. The van der Waals surface area contributed by atoms with Gasteiger partial charge in [0.1, 0.15) is 12.4 Å². The van der Waals surface area contributed by atoms with E-state index < -0.39 is 54.7 Å². The van der Waals surface area contributed by atoms with Crippen molar-refractivity contribution in [1.82, 2.24) is 0 Å². The molecule has 0 bridgehead atoms. The van der Waals surface area contributed by atoms with Gasteiger partial charge in [0, 0.05) is 33.4 Å². The van der Waals surface area contributed by atoms with Crippen molar-refractivity contribution in [3.63, 3.8) is 0 Å². The molecular weight excluding hydrogens is 414 g/mol. The van der Waals surface area contributed by atoms with Crippen LogP contribution in [0.25, 0.3) is 0 Å². The summed E-state index contributed by atoms with van der Waals surface area (Å²) in [5.41, 5.74) is 0.327. The van der Waals surface area contributed by atoms with Crippen molar-refractivity contribution < 1.29 is 47.7 Å². The van der Waals surface area contributed by atoms with Crippen molar-refractivity contribution in [2.45, 2.75) is 46.0 Å². The van der Waals surface area contributed by atoms with Crippen molar-refractivity contribution in [1.29, 1.82) is 0 Å². The van der Waals surface area contributed by atoms with Gasteiger partial charge in [0.2, 0.25) is 6.10 Å². The van der Waals surface area contributed by atoms with Crippen molar-refractivity contribution in [3.8, 4) is 5.75 Å². The Hall–Kier alpha value is -3.63. The van der Waals surface area contributed by atoms with Crippen LogP contribution in [0, 0.1) is 0 Å². The maximum Gasteiger partial charge on any atom is 0.303 e. The molecule has 0 heterocycles. The molecule has 3 atom stereocenters. The minimum Gasteiger partial charge on any atom is -0.497 e. The van der Waals surface area contributed by atoms with Crippen LogP contribution in [0.3, 0.4) is 0 Å². The molecule has 11 heteroatoms. The average Bonchev–Trinajstić information content (AvgIpc) is 2.67. The number of anilines is 1. The summed E-state index contributed by atoms with van der Waals surface area (Å²) in [7, 11) is 1.48. The Labute approximate surface area is 178 Å². The Bertz CT molecular complexity index is 805. The molecular formula is C20H25NO10. The average molecular weight is 439 g/mol. The SMILES string of the molecule is COc1ccc(NC(=O)[C@H](OC(C)=O)[C@H](OC(C)=O)[C@H](COC(C)=O)OC(C)=O)cc1. The first kappa shape index (κ1) is 25.4. The van der Waals surface area contributed by atoms with Gasteiger partial charge in [-0.1, -0.05) is 0 Å². The minimum absolute atomic E-state index is 0.327. The second-order valence-corrected chi connectivity index (χ2v) is 6.27. The molecule has 0 spiro atoms. The zero-order chi connectivity index (χ0) is 23.6. The normalized spacial score (nSPS) is 13.1. The number of carbonyl (C=O) groups excluding carboxylic acids is 5. The van der Waals surface area contributed by atoms with Crippen LogP contribution in [0.4, 0.5) is 5.69 Å². The van der Waals surface area contributed by atoms with Crippen molar-refractivity contribution in [2.75, 3.05) is 19.0 Å². The quantitative estimate of drug-likeness (QED) is 0.414. The van der Waals surface area contributed by atoms with Crippen molar-refractivity contribution >= 4 is 35.5 Å². The highest BCUT2D eigenvalue weighted by molar-refractivity contribution is 5.96. The zero-order valence-corrected chi connectivity index (χ0v) is 17.8. The molecule has 0 aliphatic carbocycles. The number of benzene rings is 1. The summed E-state index contributed by atoms with van der Waals surface area (Å²) in [6.45, 7) is 3.75. The maximum absolute atomic E-state index is 12.9. The number of esters is 4. The largest absolute Gasteiger partial charge is 0.497 e. The lowest BCUT2D eigenvalue weighted by Gasteiger charge is -2.30. The lowest BCUT2D eigenvalue weighted by atomic mass is 10.1. The van der Waals surface area contributed by atoms with Crippen LogP contribution in [-0.2, 0) is 42.9 Å². The second kappa shape index (κ2) is 12.2. The number of nitrogens with one attached hydrogen (secondary N) is 1. The molecule has 11 nitrogen and oxygen atoms in total. The monoisotopic (exact) mass is 439 g/mol. The van der Waals surface area contributed by atoms with E-state index in [4.69, 9.17) is 23.7 Å². The third-order valence-electron chi connectivity index (χ3n) is 3.64. The lowest BCUT2D eigenvalue weighted by molar-refractivity contribution is -0.190. The molecule has 1 N–H and O–H groups in total. The van der Waals surface area contributed by atoms with Crippen LogP contribution >= 0.6 is 0 Å². The van der Waals surface area contributed by atoms with Gasteiger partial charge in [0.05, 0.1) is 7.11 Å². The molecule has 0 saturated heterocycles. The summed E-state index contributed by atoms with van der Waals surface area (Å²) in [5.74, 6) is -3.53. The number of rotatable bonds is 10. The molecule has 0 aromatic heterocycles. The Balaban J connectivity index is 3.25. The highest BCUT2D eigenvalue weighted by Crippen LogP contribution is 2.19. The van der Waals surface area contributed by atoms with Gasteiger partial charge < -0.3 is 29.0 Å². The van der Waals surface area contributed by atoms with Gasteiger partial charge in [-0.2, -0.15) is 0 Å². The fraction of sp³-hybridized carbons (Fsp3) is 0.450. The van der Waals surface area contributed by atoms with Gasteiger partial charge in [-0.05, 0) is 24.3 Å². The van der Waals surface area contributed by atoms with Gasteiger partial charge in [-0.25, -0.2) is 0 Å². The third-order valence-corrected chi connectivity index (χ3v) is 3.64. The van der Waals surface area contributed by atoms with Crippen molar-refractivity contribution in [3.05, 3.63) is 24.3 Å². The fourth-order valence-corrected chi connectivity index (χ4v) is 2.47. The van der Waals surface area contributed by atoms with E-state index in [0.29, 0.717) is 11.4 Å². The van der Waals surface area contributed by atoms with Crippen LogP contribution in [0.5, 0.6) is 5.75 Å². The van der Waals surface area contributed by atoms with E-state index in [1.54, 1.807) is 12.1 Å². The molecule has 1 aromatic rings. The lowest BCUT2D eigenvalue weighted by Crippen LogP contribution is -2.52. The molecule has 1 aromatic carbocycles. The van der Waals surface area contributed by atoms with Crippen LogP contribution in [0.1, 0.15) is 27.7 Å². The molecule has 0 aliphatic rings. The van der Waals surface area contributed by atoms with E-state index in [2.05, 4.69) is 5.32 Å². The van der Waals surface area contributed by atoms with Gasteiger partial charge in [0.25, 0.3) is 5.91 Å². The summed E-state index contributed by atoms with van der Waals surface area (Å²) in [6.07, 6.45) is -4.73. The molecule has 0 fully saturated rings. The van der Waals surface area contributed by atoms with Gasteiger partial charge in [-0.15, -0.1) is 0 Å². The first-order valence-corrected chi connectivity index (χ1v) is 9.13. The highest BCUT2D eigenvalue weighted by atomic mass is 16.6. The molecule has 1 rings (SSSR count). The fourth-order valence-electron chi connectivity index (χ4n) is 2.47. The van der Waals surface area contributed by atoms with Gasteiger partial charge >= 0.3 is 23.9 Å². The molecule has 0 radical (unpaired) electrons. The summed E-state index contributed by atoms with van der Waals surface area (Å²) in [6, 6.07) is 6.24. The summed E-state index contributed by atoms with van der Waals surface area (Å²) in [4.78, 5) is 58.9. The Morgan fingerprint density at radius 2 is 1.35 bits per heavy atom. The van der Waals surface area contributed by atoms with Crippen LogP contribution < -0.4 is 10.1 Å². The van der Waals surface area contributed by atoms with E-state index in [1.165, 1.54) is 19.2 Å². The smallest absolute Gasteiger partial charge is 0.303 e. The number of hydrogen-bond acceptors (Lipinski definition) is 10. The number of ether oxygens (including phenoxy) is 5. The van der Waals surface area contributed by atoms with Crippen molar-refractivity contribution in [2.24, 2.45) is 0 Å². The highest BCUT2D eigenvalue weighted by Gasteiger charge is 2.42. The Kier molecular flexibility index (Phi) is 9.96. The first-order valence-electron chi connectivity index (χ1n) is 9.13. The standard InChI is InChI=1S/C20H25NO10/c1-11(22)28-10-17(29-12(2)23)18(30-13(3)24)19(31-14(4)25)20(26)21-15-6-8-16(27-5)9-7-15/h6-9,17-19H,10H2,1-5H3,(H,21,26)/t17-,18+,19+/m0/s1. The minimum atomic E-state index is -1.72. The topological polar surface area (TPSA) is 144 Å². The maximum atomic E-state index is 12.9. The molecule has 0 unspecified atom stereocenters. The van der Waals surface area contributed by atoms with Crippen LogP contribution in [0.2, 0.25) is 0 Å². The molecule has 0 aliphatic heterocycles. The Morgan fingerprint density at radius 1 is 0.806 bits per heavy atom. The zero-order valence-electron chi connectivity index (χ0n) is 17.8.